The first kappa shape index (κ1) is 23.5. The molecule has 0 atom stereocenters. The predicted octanol–water partition coefficient (Wildman–Crippen LogP) is 4.75. The van der Waals surface area contributed by atoms with Crippen molar-refractivity contribution in [1.29, 1.82) is 0 Å². The summed E-state index contributed by atoms with van der Waals surface area (Å²) in [6.07, 6.45) is 2.02. The lowest BCUT2D eigenvalue weighted by Crippen LogP contribution is -2.39. The number of hydrogen-bond donors (Lipinski definition) is 2. The van der Waals surface area contributed by atoms with Crippen LogP contribution in [0.5, 0.6) is 0 Å². The van der Waals surface area contributed by atoms with Gasteiger partial charge in [-0.1, -0.05) is 50.9 Å². The highest BCUT2D eigenvalue weighted by Gasteiger charge is 2.27. The number of nitrogens with zero attached hydrogens (tertiary/aromatic N) is 3. The van der Waals surface area contributed by atoms with E-state index < -0.39 is 5.41 Å². The predicted molar refractivity (Wildman–Crippen MR) is 129 cm³/mol. The van der Waals surface area contributed by atoms with Crippen molar-refractivity contribution in [3.05, 3.63) is 30.1 Å². The summed E-state index contributed by atoms with van der Waals surface area (Å²) in [6.45, 7) is 13.6. The van der Waals surface area contributed by atoms with Crippen LogP contribution in [0.4, 0.5) is 5.82 Å². The molecule has 1 aromatic carbocycles. The van der Waals surface area contributed by atoms with Gasteiger partial charge >= 0.3 is 0 Å². The van der Waals surface area contributed by atoms with Crippen LogP contribution in [0, 0.1) is 5.41 Å². The number of nitrogens with one attached hydrogen (secondary N) is 2. The molecule has 2 aromatic heterocycles. The highest BCUT2D eigenvalue weighted by atomic mass is 32.2. The molecule has 0 spiro atoms. The van der Waals surface area contributed by atoms with E-state index in [9.17, 15) is 4.79 Å². The monoisotopic (exact) mass is 443 g/mol. The van der Waals surface area contributed by atoms with Crippen molar-refractivity contribution < 1.29 is 9.53 Å². The Morgan fingerprint density at radius 3 is 2.52 bits per heavy atom. The molecule has 2 N–H and O–H groups in total. The molecule has 31 heavy (non-hydrogen) atoms. The molecule has 3 rings (SSSR count). The fourth-order valence-electron chi connectivity index (χ4n) is 3.44. The molecule has 8 heteroatoms. The molecule has 0 fully saturated rings. The number of anilines is 1. The zero-order valence-electron chi connectivity index (χ0n) is 19.5. The molecule has 0 saturated heterocycles. The van der Waals surface area contributed by atoms with E-state index in [4.69, 9.17) is 14.7 Å². The van der Waals surface area contributed by atoms with E-state index in [2.05, 4.69) is 34.5 Å². The lowest BCUT2D eigenvalue weighted by atomic mass is 9.96. The second-order valence-electron chi connectivity index (χ2n) is 9.32. The molecule has 0 radical (unpaired) electrons. The quantitative estimate of drug-likeness (QED) is 0.489. The fourth-order valence-corrected chi connectivity index (χ4v) is 4.06. The van der Waals surface area contributed by atoms with E-state index in [-0.39, 0.29) is 11.4 Å². The summed E-state index contributed by atoms with van der Waals surface area (Å²) in [7, 11) is 0. The van der Waals surface area contributed by atoms with E-state index in [0.29, 0.717) is 31.1 Å². The Morgan fingerprint density at radius 1 is 1.16 bits per heavy atom. The van der Waals surface area contributed by atoms with Gasteiger partial charge in [0.05, 0.1) is 11.0 Å². The van der Waals surface area contributed by atoms with Crippen LogP contribution >= 0.6 is 11.9 Å². The van der Waals surface area contributed by atoms with E-state index in [1.165, 1.54) is 0 Å². The summed E-state index contributed by atoms with van der Waals surface area (Å²) in [5.41, 5.74) is 1.73. The van der Waals surface area contributed by atoms with Gasteiger partial charge in [0.25, 0.3) is 0 Å². The average molecular weight is 444 g/mol. The number of imidazole rings is 1. The van der Waals surface area contributed by atoms with E-state index >= 15 is 0 Å². The number of carbonyl (C=O) groups is 1. The average Bonchev–Trinajstić information content (AvgIpc) is 3.03. The van der Waals surface area contributed by atoms with Gasteiger partial charge in [0, 0.05) is 29.5 Å². The highest BCUT2D eigenvalue weighted by molar-refractivity contribution is 7.96. The van der Waals surface area contributed by atoms with E-state index in [1.54, 1.807) is 11.9 Å². The highest BCUT2D eigenvalue weighted by Crippen LogP contribution is 2.32. The first-order valence-corrected chi connectivity index (χ1v) is 11.8. The van der Waals surface area contributed by atoms with Gasteiger partial charge in [-0.2, -0.15) is 0 Å². The van der Waals surface area contributed by atoms with Gasteiger partial charge in [-0.15, -0.1) is 0 Å². The van der Waals surface area contributed by atoms with Crippen LogP contribution in [-0.2, 0) is 22.7 Å². The van der Waals surface area contributed by atoms with Crippen molar-refractivity contribution >= 4 is 45.6 Å². The molecule has 0 unspecified atom stereocenters. The number of carbonyl (C=O) groups excluding carboxylic acids is 1. The molecule has 7 nitrogen and oxygen atoms in total. The minimum Gasteiger partial charge on any atom is -0.374 e. The van der Waals surface area contributed by atoms with Crippen LogP contribution in [0.3, 0.4) is 0 Å². The molecule has 1 amide bonds. The molecular weight excluding hydrogens is 410 g/mol. The summed E-state index contributed by atoms with van der Waals surface area (Å²) in [5, 5.41) is 4.02. The number of rotatable bonds is 8. The number of benzene rings is 1. The molecule has 2 heterocycles. The van der Waals surface area contributed by atoms with Crippen molar-refractivity contribution in [3.63, 3.8) is 0 Å². The number of pyridine rings is 1. The number of fused-ring (bicyclic) bond motifs is 3. The summed E-state index contributed by atoms with van der Waals surface area (Å²) in [6, 6.07) is 7.98. The third-order valence-electron chi connectivity index (χ3n) is 4.94. The first-order valence-electron chi connectivity index (χ1n) is 10.5. The third kappa shape index (κ3) is 5.19. The number of hydrogen-bond acceptors (Lipinski definition) is 6. The number of amides is 1. The standard InChI is InChI=1S/C23H33N5O2S/c1-8-30-13-17-25-18-19(28(17)14-23(5,6)27-31-7)15-11-9-10-12-16(15)24-20(18)26-21(29)22(2,3)4/h9-12,27H,8,13-14H2,1-7H3,(H,24,26,29). The Labute approximate surface area is 188 Å². The molecule has 0 aliphatic heterocycles. The lowest BCUT2D eigenvalue weighted by Gasteiger charge is -2.27. The molecule has 168 valence electrons. The van der Waals surface area contributed by atoms with E-state index in [0.717, 1.165) is 22.2 Å². The van der Waals surface area contributed by atoms with Crippen molar-refractivity contribution in [1.82, 2.24) is 19.3 Å². The Hall–Kier alpha value is -2.16. The molecule has 0 saturated carbocycles. The maximum Gasteiger partial charge on any atom is 0.230 e. The van der Waals surface area contributed by atoms with Gasteiger partial charge in [-0.3, -0.25) is 9.52 Å². The van der Waals surface area contributed by atoms with Gasteiger partial charge in [0.15, 0.2) is 5.82 Å². The van der Waals surface area contributed by atoms with Crippen molar-refractivity contribution in [3.8, 4) is 0 Å². The zero-order valence-corrected chi connectivity index (χ0v) is 20.3. The maximum atomic E-state index is 12.8. The molecule has 0 aliphatic carbocycles. The second kappa shape index (κ2) is 9.14. The van der Waals surface area contributed by atoms with Gasteiger partial charge < -0.3 is 14.6 Å². The number of para-hydroxylation sites is 1. The van der Waals surface area contributed by atoms with Crippen molar-refractivity contribution in [2.45, 2.75) is 60.2 Å². The van der Waals surface area contributed by atoms with Crippen molar-refractivity contribution in [2.75, 3.05) is 18.2 Å². The molecule has 0 aliphatic rings. The Bertz CT molecular complexity index is 1080. The number of ether oxygens (including phenoxy) is 1. The fraction of sp³-hybridized carbons (Fsp3) is 0.522. The maximum absolute atomic E-state index is 12.8. The Balaban J connectivity index is 2.27. The van der Waals surface area contributed by atoms with Crippen LogP contribution in [0.25, 0.3) is 21.9 Å². The van der Waals surface area contributed by atoms with Crippen LogP contribution in [0.1, 0.15) is 47.4 Å². The molecular formula is C23H33N5O2S. The SMILES string of the molecule is CCOCc1nc2c(NC(=O)C(C)(C)C)nc3ccccc3c2n1CC(C)(C)NSC. The summed E-state index contributed by atoms with van der Waals surface area (Å²) < 4.78 is 11.4. The van der Waals surface area contributed by atoms with Crippen LogP contribution in [0.15, 0.2) is 24.3 Å². The first-order chi connectivity index (χ1) is 14.6. The molecule has 3 aromatic rings. The number of aromatic nitrogens is 3. The van der Waals surface area contributed by atoms with Crippen molar-refractivity contribution in [2.24, 2.45) is 5.41 Å². The Kier molecular flexibility index (Phi) is 6.93. The largest absolute Gasteiger partial charge is 0.374 e. The van der Waals surface area contributed by atoms with Gasteiger partial charge in [-0.25, -0.2) is 9.97 Å². The third-order valence-corrected chi connectivity index (χ3v) is 5.70. The topological polar surface area (TPSA) is 81.1 Å². The minimum absolute atomic E-state index is 0.0955. The zero-order chi connectivity index (χ0) is 22.8. The van der Waals surface area contributed by atoms with Crippen LogP contribution in [0.2, 0.25) is 0 Å². The van der Waals surface area contributed by atoms with E-state index in [1.807, 2.05) is 52.1 Å². The Morgan fingerprint density at radius 2 is 1.87 bits per heavy atom. The van der Waals surface area contributed by atoms with Crippen LogP contribution in [-0.4, -0.2) is 38.8 Å². The summed E-state index contributed by atoms with van der Waals surface area (Å²) in [5.74, 6) is 1.21. The van der Waals surface area contributed by atoms with Gasteiger partial charge in [0.1, 0.15) is 17.9 Å². The summed E-state index contributed by atoms with van der Waals surface area (Å²) >= 11 is 1.59. The van der Waals surface area contributed by atoms with Gasteiger partial charge in [0.2, 0.25) is 5.91 Å². The normalized spacial score (nSPS) is 12.6. The molecule has 0 bridgehead atoms. The lowest BCUT2D eigenvalue weighted by molar-refractivity contribution is -0.123. The minimum atomic E-state index is -0.541. The van der Waals surface area contributed by atoms with Crippen LogP contribution < -0.4 is 10.0 Å². The van der Waals surface area contributed by atoms with Gasteiger partial charge in [-0.05, 0) is 33.1 Å². The second-order valence-corrected chi connectivity index (χ2v) is 9.93. The smallest absolute Gasteiger partial charge is 0.230 e. The summed E-state index contributed by atoms with van der Waals surface area (Å²) in [4.78, 5) is 22.4.